The number of hydrogen-bond acceptors (Lipinski definition) is 5. The zero-order chi connectivity index (χ0) is 21.7. The lowest BCUT2D eigenvalue weighted by atomic mass is 9.97. The monoisotopic (exact) mass is 416 g/mol. The highest BCUT2D eigenvalue weighted by Crippen LogP contribution is 2.31. The summed E-state index contributed by atoms with van der Waals surface area (Å²) in [7, 11) is 2.11. The van der Waals surface area contributed by atoms with Crippen molar-refractivity contribution in [1.82, 2.24) is 24.5 Å². The predicted octanol–water partition coefficient (Wildman–Crippen LogP) is 4.51. The lowest BCUT2D eigenvalue weighted by Gasteiger charge is -2.36. The number of likely N-dealkylation sites (tertiary alicyclic amines) is 1. The molecule has 1 saturated heterocycles. The Labute approximate surface area is 185 Å². The van der Waals surface area contributed by atoms with Crippen molar-refractivity contribution >= 4 is 16.6 Å². The first-order valence-corrected chi connectivity index (χ1v) is 10.6. The molecule has 154 valence electrons. The summed E-state index contributed by atoms with van der Waals surface area (Å²) in [6.45, 7) is 1.97. The first-order valence-electron chi connectivity index (χ1n) is 10.6. The lowest BCUT2D eigenvalue weighted by Crippen LogP contribution is -2.42. The largest absolute Gasteiger partial charge is 0.305 e. The SMILES string of the molecule is CN1CC(c2ccnc3c(C#N)c(-c4ccc5ccc(-c6ccccc6)nc5c4)nn23)C1. The Bertz CT molecular complexity index is 1510. The van der Waals surface area contributed by atoms with Crippen LogP contribution in [-0.4, -0.2) is 44.6 Å². The number of pyridine rings is 1. The van der Waals surface area contributed by atoms with Crippen LogP contribution in [0.4, 0.5) is 0 Å². The summed E-state index contributed by atoms with van der Waals surface area (Å²) in [6.07, 6.45) is 1.78. The summed E-state index contributed by atoms with van der Waals surface area (Å²) in [4.78, 5) is 11.6. The third-order valence-electron chi connectivity index (χ3n) is 6.18. The van der Waals surface area contributed by atoms with Gasteiger partial charge in [0.2, 0.25) is 0 Å². The van der Waals surface area contributed by atoms with Crippen molar-refractivity contribution in [3.8, 4) is 28.6 Å². The van der Waals surface area contributed by atoms with Crippen LogP contribution in [0.25, 0.3) is 39.1 Å². The quantitative estimate of drug-likeness (QED) is 0.433. The van der Waals surface area contributed by atoms with Crippen LogP contribution in [0.2, 0.25) is 0 Å². The van der Waals surface area contributed by atoms with E-state index < -0.39 is 0 Å². The second-order valence-corrected chi connectivity index (χ2v) is 8.33. The Kier molecular flexibility index (Phi) is 4.23. The normalized spacial score (nSPS) is 14.5. The molecular weight excluding hydrogens is 396 g/mol. The molecule has 6 rings (SSSR count). The molecule has 1 aliphatic rings. The minimum atomic E-state index is 0.400. The van der Waals surface area contributed by atoms with Gasteiger partial charge in [0.15, 0.2) is 5.65 Å². The first kappa shape index (κ1) is 18.7. The minimum Gasteiger partial charge on any atom is -0.305 e. The molecule has 32 heavy (non-hydrogen) atoms. The molecule has 4 heterocycles. The molecule has 3 aromatic heterocycles. The molecular formula is C26H20N6. The zero-order valence-corrected chi connectivity index (χ0v) is 17.6. The van der Waals surface area contributed by atoms with Crippen LogP contribution >= 0.6 is 0 Å². The van der Waals surface area contributed by atoms with Gasteiger partial charge in [0.05, 0.1) is 16.9 Å². The Morgan fingerprint density at radius 3 is 2.56 bits per heavy atom. The van der Waals surface area contributed by atoms with Gasteiger partial charge in [0.1, 0.15) is 17.3 Å². The van der Waals surface area contributed by atoms with E-state index in [9.17, 15) is 5.26 Å². The van der Waals surface area contributed by atoms with Crippen LogP contribution in [0, 0.1) is 11.3 Å². The maximum absolute atomic E-state index is 9.95. The van der Waals surface area contributed by atoms with Crippen molar-refractivity contribution in [3.05, 3.63) is 84.2 Å². The van der Waals surface area contributed by atoms with E-state index in [0.29, 0.717) is 22.8 Å². The third-order valence-corrected chi connectivity index (χ3v) is 6.18. The molecule has 0 N–H and O–H groups in total. The Morgan fingerprint density at radius 2 is 1.78 bits per heavy atom. The molecule has 0 unspecified atom stereocenters. The van der Waals surface area contributed by atoms with Gasteiger partial charge in [0.25, 0.3) is 0 Å². The molecule has 0 bridgehead atoms. The van der Waals surface area contributed by atoms with Crippen LogP contribution < -0.4 is 0 Å². The average Bonchev–Trinajstić information content (AvgIpc) is 3.21. The number of benzene rings is 2. The van der Waals surface area contributed by atoms with Gasteiger partial charge in [-0.25, -0.2) is 14.5 Å². The van der Waals surface area contributed by atoms with E-state index in [1.165, 1.54) is 0 Å². The molecule has 2 aromatic carbocycles. The van der Waals surface area contributed by atoms with Gasteiger partial charge in [0, 0.05) is 41.7 Å². The second-order valence-electron chi connectivity index (χ2n) is 8.33. The zero-order valence-electron chi connectivity index (χ0n) is 17.6. The Hall–Kier alpha value is -4.08. The van der Waals surface area contributed by atoms with Crippen LogP contribution in [0.15, 0.2) is 72.9 Å². The van der Waals surface area contributed by atoms with Crippen molar-refractivity contribution in [2.24, 2.45) is 0 Å². The summed E-state index contributed by atoms with van der Waals surface area (Å²) >= 11 is 0. The molecule has 0 spiro atoms. The summed E-state index contributed by atoms with van der Waals surface area (Å²) in [5.74, 6) is 0.400. The summed E-state index contributed by atoms with van der Waals surface area (Å²) in [6, 6.07) is 24.7. The molecule has 6 nitrogen and oxygen atoms in total. The molecule has 0 amide bonds. The van der Waals surface area contributed by atoms with E-state index in [-0.39, 0.29) is 0 Å². The fourth-order valence-electron chi connectivity index (χ4n) is 4.50. The lowest BCUT2D eigenvalue weighted by molar-refractivity contribution is 0.185. The first-order chi connectivity index (χ1) is 15.7. The second kappa shape index (κ2) is 7.26. The minimum absolute atomic E-state index is 0.400. The highest BCUT2D eigenvalue weighted by Gasteiger charge is 2.28. The number of fused-ring (bicyclic) bond motifs is 2. The van der Waals surface area contributed by atoms with Gasteiger partial charge in [-0.3, -0.25) is 0 Å². The van der Waals surface area contributed by atoms with Gasteiger partial charge in [-0.1, -0.05) is 48.5 Å². The van der Waals surface area contributed by atoms with E-state index >= 15 is 0 Å². The number of aromatic nitrogens is 4. The topological polar surface area (TPSA) is 70.1 Å². The van der Waals surface area contributed by atoms with Gasteiger partial charge in [-0.15, -0.1) is 0 Å². The van der Waals surface area contributed by atoms with Gasteiger partial charge < -0.3 is 4.90 Å². The van der Waals surface area contributed by atoms with E-state index in [4.69, 9.17) is 10.1 Å². The summed E-state index contributed by atoms with van der Waals surface area (Å²) in [5, 5.41) is 15.9. The van der Waals surface area contributed by atoms with Gasteiger partial charge in [-0.2, -0.15) is 10.4 Å². The van der Waals surface area contributed by atoms with E-state index in [0.717, 1.165) is 46.5 Å². The summed E-state index contributed by atoms with van der Waals surface area (Å²) < 4.78 is 1.85. The number of nitrogens with zero attached hydrogens (tertiary/aromatic N) is 6. The fraction of sp³-hybridized carbons (Fsp3) is 0.154. The maximum Gasteiger partial charge on any atom is 0.173 e. The molecule has 5 aromatic rings. The fourth-order valence-corrected chi connectivity index (χ4v) is 4.50. The predicted molar refractivity (Wildman–Crippen MR) is 124 cm³/mol. The standard InChI is InChI=1S/C26H20N6/c1-31-15-20(16-31)24-11-12-28-26-21(14-27)25(30-32(24)26)19-8-7-18-9-10-22(29-23(18)13-19)17-5-3-2-4-6-17/h2-13,20H,15-16H2,1H3. The molecule has 0 saturated carbocycles. The Morgan fingerprint density at radius 1 is 0.969 bits per heavy atom. The van der Waals surface area contributed by atoms with Crippen LogP contribution in [0.1, 0.15) is 17.2 Å². The van der Waals surface area contributed by atoms with Crippen LogP contribution in [0.5, 0.6) is 0 Å². The van der Waals surface area contributed by atoms with E-state index in [1.807, 2.05) is 53.0 Å². The molecule has 1 fully saturated rings. The number of nitriles is 1. The average molecular weight is 416 g/mol. The highest BCUT2D eigenvalue weighted by atomic mass is 15.3. The van der Waals surface area contributed by atoms with Crippen molar-refractivity contribution in [2.45, 2.75) is 5.92 Å². The molecule has 0 atom stereocenters. The Balaban J connectivity index is 1.50. The molecule has 1 aliphatic heterocycles. The maximum atomic E-state index is 9.95. The smallest absolute Gasteiger partial charge is 0.173 e. The van der Waals surface area contributed by atoms with E-state index in [1.54, 1.807) is 6.20 Å². The highest BCUT2D eigenvalue weighted by molar-refractivity contribution is 5.87. The third kappa shape index (κ3) is 2.95. The van der Waals surface area contributed by atoms with Crippen LogP contribution in [0.3, 0.4) is 0 Å². The van der Waals surface area contributed by atoms with Crippen molar-refractivity contribution in [1.29, 1.82) is 5.26 Å². The molecule has 0 aliphatic carbocycles. The van der Waals surface area contributed by atoms with Crippen molar-refractivity contribution < 1.29 is 0 Å². The summed E-state index contributed by atoms with van der Waals surface area (Å²) in [5.41, 5.74) is 6.59. The number of hydrogen-bond donors (Lipinski definition) is 0. The van der Waals surface area contributed by atoms with Crippen molar-refractivity contribution in [3.63, 3.8) is 0 Å². The van der Waals surface area contributed by atoms with Crippen LogP contribution in [-0.2, 0) is 0 Å². The molecule has 6 heteroatoms. The van der Waals surface area contributed by atoms with E-state index in [2.05, 4.69) is 41.2 Å². The molecule has 0 radical (unpaired) electrons. The number of likely N-dealkylation sites (N-methyl/N-ethyl adjacent to an activating group) is 1. The van der Waals surface area contributed by atoms with Gasteiger partial charge >= 0.3 is 0 Å². The number of rotatable bonds is 3. The van der Waals surface area contributed by atoms with Crippen molar-refractivity contribution in [2.75, 3.05) is 20.1 Å². The van der Waals surface area contributed by atoms with Gasteiger partial charge in [-0.05, 0) is 25.2 Å².